The summed E-state index contributed by atoms with van der Waals surface area (Å²) in [6.07, 6.45) is 1.70. The fourth-order valence-electron chi connectivity index (χ4n) is 1.75. The molecule has 0 saturated heterocycles. The second kappa shape index (κ2) is 6.99. The van der Waals surface area contributed by atoms with Crippen LogP contribution in [0.3, 0.4) is 0 Å². The van der Waals surface area contributed by atoms with E-state index in [2.05, 4.69) is 57.9 Å². The van der Waals surface area contributed by atoms with Crippen molar-refractivity contribution >= 4 is 31.9 Å². The van der Waals surface area contributed by atoms with Gasteiger partial charge in [0.2, 0.25) is 0 Å². The Hall–Kier alpha value is -0.780. The lowest BCUT2D eigenvalue weighted by atomic mass is 10.1. The summed E-state index contributed by atoms with van der Waals surface area (Å²) >= 11 is 6.91. The summed E-state index contributed by atoms with van der Waals surface area (Å²) < 4.78 is 13.3. The summed E-state index contributed by atoms with van der Waals surface area (Å²) in [5, 5.41) is 3.45. The van der Waals surface area contributed by atoms with E-state index >= 15 is 0 Å². The summed E-state index contributed by atoms with van der Waals surface area (Å²) in [4.78, 5) is 0. The van der Waals surface area contributed by atoms with Gasteiger partial charge in [-0.3, -0.25) is 0 Å². The molecule has 0 radical (unpaired) electrons. The van der Waals surface area contributed by atoms with Crippen LogP contribution in [-0.2, 0) is 13.2 Å². The molecule has 114 valence electrons. The normalized spacial score (nSPS) is 11.7. The van der Waals surface area contributed by atoms with Gasteiger partial charge >= 0.3 is 0 Å². The maximum atomic E-state index is 5.82. The van der Waals surface area contributed by atoms with Crippen molar-refractivity contribution in [2.24, 2.45) is 0 Å². The number of benzene rings is 1. The highest BCUT2D eigenvalue weighted by Gasteiger charge is 2.13. The molecule has 0 bridgehead atoms. The van der Waals surface area contributed by atoms with Gasteiger partial charge in [-0.15, -0.1) is 0 Å². The molecule has 1 aromatic heterocycles. The highest BCUT2D eigenvalue weighted by atomic mass is 79.9. The smallest absolute Gasteiger partial charge is 0.146 e. The molecule has 1 heterocycles. The second-order valence-corrected chi connectivity index (χ2v) is 7.61. The Labute approximate surface area is 142 Å². The summed E-state index contributed by atoms with van der Waals surface area (Å²) in [6.45, 7) is 7.60. The van der Waals surface area contributed by atoms with Gasteiger partial charge in [-0.05, 0) is 61.0 Å². The van der Waals surface area contributed by atoms with E-state index < -0.39 is 0 Å². The van der Waals surface area contributed by atoms with Gasteiger partial charge in [0.25, 0.3) is 0 Å². The molecule has 0 aliphatic rings. The van der Waals surface area contributed by atoms with Crippen LogP contribution in [0.5, 0.6) is 5.75 Å². The van der Waals surface area contributed by atoms with Crippen LogP contribution in [0.15, 0.2) is 43.9 Å². The number of hydrogen-bond acceptors (Lipinski definition) is 3. The summed E-state index contributed by atoms with van der Waals surface area (Å²) in [6, 6.07) is 7.81. The third kappa shape index (κ3) is 5.16. The third-order valence-electron chi connectivity index (χ3n) is 2.90. The molecular weight excluding hydrogens is 398 g/mol. The largest absolute Gasteiger partial charge is 0.484 e. The molecule has 3 nitrogen and oxygen atoms in total. The van der Waals surface area contributed by atoms with Crippen LogP contribution in [0.25, 0.3) is 0 Å². The maximum Gasteiger partial charge on any atom is 0.146 e. The van der Waals surface area contributed by atoms with Crippen molar-refractivity contribution in [2.75, 3.05) is 0 Å². The molecule has 0 spiro atoms. The molecule has 5 heteroatoms. The summed E-state index contributed by atoms with van der Waals surface area (Å²) in [5.41, 5.74) is 1.20. The average molecular weight is 417 g/mol. The van der Waals surface area contributed by atoms with E-state index in [1.165, 1.54) is 0 Å². The zero-order valence-electron chi connectivity index (χ0n) is 12.4. The molecule has 1 aromatic carbocycles. The van der Waals surface area contributed by atoms with Gasteiger partial charge in [-0.25, -0.2) is 0 Å². The van der Waals surface area contributed by atoms with Crippen molar-refractivity contribution in [2.45, 2.75) is 39.5 Å². The number of nitrogens with one attached hydrogen (secondary N) is 1. The van der Waals surface area contributed by atoms with E-state index in [0.717, 1.165) is 32.6 Å². The maximum absolute atomic E-state index is 5.82. The number of furan rings is 1. The Morgan fingerprint density at radius 3 is 2.62 bits per heavy atom. The van der Waals surface area contributed by atoms with Crippen LogP contribution in [0.1, 0.15) is 32.1 Å². The van der Waals surface area contributed by atoms with Crippen molar-refractivity contribution in [3.8, 4) is 5.75 Å². The van der Waals surface area contributed by atoms with Crippen LogP contribution in [-0.4, -0.2) is 5.54 Å². The van der Waals surface area contributed by atoms with E-state index in [1.807, 2.05) is 24.3 Å². The minimum atomic E-state index is 0.0735. The molecule has 2 aromatic rings. The van der Waals surface area contributed by atoms with Crippen LogP contribution in [0, 0.1) is 0 Å². The third-order valence-corrected chi connectivity index (χ3v) is 4.01. The van der Waals surface area contributed by atoms with Crippen molar-refractivity contribution < 1.29 is 9.15 Å². The molecule has 1 N–H and O–H groups in total. The molecule has 0 aliphatic carbocycles. The SMILES string of the molecule is CC(C)(C)NCc1ccoc1COc1ccc(Br)cc1Br. The molecular formula is C16H19Br2NO2. The molecule has 0 aliphatic heterocycles. The van der Waals surface area contributed by atoms with E-state index in [4.69, 9.17) is 9.15 Å². The number of ether oxygens (including phenoxy) is 1. The minimum absolute atomic E-state index is 0.0735. The molecule has 21 heavy (non-hydrogen) atoms. The summed E-state index contributed by atoms with van der Waals surface area (Å²) in [7, 11) is 0. The van der Waals surface area contributed by atoms with Crippen molar-refractivity contribution in [1.82, 2.24) is 5.32 Å². The van der Waals surface area contributed by atoms with Crippen LogP contribution in [0.2, 0.25) is 0 Å². The van der Waals surface area contributed by atoms with Gasteiger partial charge < -0.3 is 14.5 Å². The van der Waals surface area contributed by atoms with Gasteiger partial charge in [-0.2, -0.15) is 0 Å². The molecule has 0 fully saturated rings. The highest BCUT2D eigenvalue weighted by Crippen LogP contribution is 2.29. The zero-order chi connectivity index (χ0) is 15.5. The Bertz CT molecular complexity index is 603. The molecule has 0 amide bonds. The Morgan fingerprint density at radius 2 is 1.95 bits per heavy atom. The molecule has 0 unspecified atom stereocenters. The first-order chi connectivity index (χ1) is 9.85. The monoisotopic (exact) mass is 415 g/mol. The fourth-order valence-corrected chi connectivity index (χ4v) is 2.91. The van der Waals surface area contributed by atoms with Gasteiger partial charge in [-0.1, -0.05) is 15.9 Å². The lowest BCUT2D eigenvalue weighted by Gasteiger charge is -2.20. The lowest BCUT2D eigenvalue weighted by molar-refractivity contribution is 0.265. The number of hydrogen-bond donors (Lipinski definition) is 1. The first-order valence-electron chi connectivity index (χ1n) is 6.73. The van der Waals surface area contributed by atoms with Crippen LogP contribution < -0.4 is 10.1 Å². The zero-order valence-corrected chi connectivity index (χ0v) is 15.5. The second-order valence-electron chi connectivity index (χ2n) is 5.84. The predicted octanol–water partition coefficient (Wildman–Crippen LogP) is 5.27. The van der Waals surface area contributed by atoms with Gasteiger partial charge in [0.15, 0.2) is 0 Å². The van der Waals surface area contributed by atoms with Crippen LogP contribution >= 0.6 is 31.9 Å². The van der Waals surface area contributed by atoms with Crippen LogP contribution in [0.4, 0.5) is 0 Å². The van der Waals surface area contributed by atoms with Gasteiger partial charge in [0.1, 0.15) is 18.1 Å². The lowest BCUT2D eigenvalue weighted by Crippen LogP contribution is -2.35. The Kier molecular flexibility index (Phi) is 5.52. The number of rotatable bonds is 5. The van der Waals surface area contributed by atoms with Crippen molar-refractivity contribution in [1.29, 1.82) is 0 Å². The van der Waals surface area contributed by atoms with E-state index in [9.17, 15) is 0 Å². The molecule has 2 rings (SSSR count). The van der Waals surface area contributed by atoms with E-state index in [-0.39, 0.29) is 5.54 Å². The molecule has 0 saturated carbocycles. The molecule has 0 atom stereocenters. The van der Waals surface area contributed by atoms with Crippen molar-refractivity contribution in [3.05, 3.63) is 50.8 Å². The standard InChI is InChI=1S/C16H19Br2NO2/c1-16(2,3)19-9-11-6-7-20-15(11)10-21-14-5-4-12(17)8-13(14)18/h4-8,19H,9-10H2,1-3H3. The predicted molar refractivity (Wildman–Crippen MR) is 91.5 cm³/mol. The Balaban J connectivity index is 1.99. The topological polar surface area (TPSA) is 34.4 Å². The quantitative estimate of drug-likeness (QED) is 0.720. The Morgan fingerprint density at radius 1 is 1.19 bits per heavy atom. The first-order valence-corrected chi connectivity index (χ1v) is 8.32. The van der Waals surface area contributed by atoms with E-state index in [0.29, 0.717) is 6.61 Å². The van der Waals surface area contributed by atoms with Crippen molar-refractivity contribution in [3.63, 3.8) is 0 Å². The highest BCUT2D eigenvalue weighted by molar-refractivity contribution is 9.11. The van der Waals surface area contributed by atoms with Gasteiger partial charge in [0, 0.05) is 22.1 Å². The minimum Gasteiger partial charge on any atom is -0.484 e. The first kappa shape index (κ1) is 16.6. The van der Waals surface area contributed by atoms with E-state index in [1.54, 1.807) is 6.26 Å². The fraction of sp³-hybridized carbons (Fsp3) is 0.375. The number of halogens is 2. The average Bonchev–Trinajstić information content (AvgIpc) is 2.82. The van der Waals surface area contributed by atoms with Gasteiger partial charge in [0.05, 0.1) is 10.7 Å². The summed E-state index contributed by atoms with van der Waals surface area (Å²) in [5.74, 6) is 1.64.